The second kappa shape index (κ2) is 5.94. The minimum absolute atomic E-state index is 0.0668. The number of hydrogen-bond acceptors (Lipinski definition) is 4. The third kappa shape index (κ3) is 3.10. The Morgan fingerprint density at radius 2 is 1.96 bits per heavy atom. The molecule has 3 rings (SSSR count). The monoisotopic (exact) mass is 367 g/mol. The van der Waals surface area contributed by atoms with Crippen molar-refractivity contribution in [3.8, 4) is 0 Å². The van der Waals surface area contributed by atoms with Crippen molar-refractivity contribution in [2.24, 2.45) is 5.41 Å². The highest BCUT2D eigenvalue weighted by molar-refractivity contribution is 5.88. The first-order chi connectivity index (χ1) is 12.0. The first kappa shape index (κ1) is 18.1. The standard InChI is InChI=1S/C17H16F3N3O3/c1-16(2)9-22(21-15(16)24)14(17(18,19)20)13-5-3-4-10-8-11(23(25)26)6-7-12(10)13/h3-8,14H,9H2,1-2H3,(H,21,24). The highest BCUT2D eigenvalue weighted by Crippen LogP contribution is 2.43. The van der Waals surface area contributed by atoms with Gasteiger partial charge in [0.15, 0.2) is 6.04 Å². The van der Waals surface area contributed by atoms with Crippen LogP contribution in [0.1, 0.15) is 25.5 Å². The molecule has 1 unspecified atom stereocenters. The van der Waals surface area contributed by atoms with E-state index in [-0.39, 0.29) is 23.2 Å². The van der Waals surface area contributed by atoms with Gasteiger partial charge in [-0.25, -0.2) is 5.01 Å². The number of nitro groups is 1. The number of nitrogens with one attached hydrogen (secondary N) is 1. The third-order valence-corrected chi connectivity index (χ3v) is 4.45. The number of hydrogen-bond donors (Lipinski definition) is 1. The van der Waals surface area contributed by atoms with Crippen LogP contribution in [-0.4, -0.2) is 28.6 Å². The minimum Gasteiger partial charge on any atom is -0.287 e. The van der Waals surface area contributed by atoms with Crippen molar-refractivity contribution in [1.29, 1.82) is 0 Å². The number of benzene rings is 2. The van der Waals surface area contributed by atoms with Gasteiger partial charge in [-0.3, -0.25) is 20.3 Å². The largest absolute Gasteiger partial charge is 0.409 e. The number of halogens is 3. The Labute approximate surface area is 146 Å². The zero-order chi connectivity index (χ0) is 19.3. The predicted molar refractivity (Wildman–Crippen MR) is 88.0 cm³/mol. The van der Waals surface area contributed by atoms with Gasteiger partial charge in [-0.1, -0.05) is 18.2 Å². The van der Waals surface area contributed by atoms with E-state index in [4.69, 9.17) is 0 Å². The lowest BCUT2D eigenvalue weighted by Gasteiger charge is -2.30. The molecule has 6 nitrogen and oxygen atoms in total. The smallest absolute Gasteiger partial charge is 0.287 e. The summed E-state index contributed by atoms with van der Waals surface area (Å²) in [5.74, 6) is -0.484. The van der Waals surface area contributed by atoms with E-state index in [1.807, 2.05) is 0 Å². The third-order valence-electron chi connectivity index (χ3n) is 4.45. The van der Waals surface area contributed by atoms with Crippen molar-refractivity contribution in [3.05, 3.63) is 52.1 Å². The Kier molecular flexibility index (Phi) is 4.14. The summed E-state index contributed by atoms with van der Waals surface area (Å²) in [7, 11) is 0. The normalized spacial score (nSPS) is 18.7. The molecule has 0 bridgehead atoms. The second-order valence-electron chi connectivity index (χ2n) is 6.91. The Morgan fingerprint density at radius 1 is 1.27 bits per heavy atom. The van der Waals surface area contributed by atoms with E-state index in [0.29, 0.717) is 5.39 Å². The summed E-state index contributed by atoms with van der Waals surface area (Å²) in [6, 6.07) is 5.92. The van der Waals surface area contributed by atoms with Gasteiger partial charge < -0.3 is 0 Å². The summed E-state index contributed by atoms with van der Waals surface area (Å²) in [6.07, 6.45) is -4.65. The van der Waals surface area contributed by atoms with Crippen molar-refractivity contribution in [1.82, 2.24) is 10.4 Å². The quantitative estimate of drug-likeness (QED) is 0.663. The summed E-state index contributed by atoms with van der Waals surface area (Å²) >= 11 is 0. The molecule has 1 aliphatic heterocycles. The summed E-state index contributed by atoms with van der Waals surface area (Å²) in [5.41, 5.74) is 1.09. The number of hydrazine groups is 1. The van der Waals surface area contributed by atoms with Crippen molar-refractivity contribution in [2.75, 3.05) is 6.54 Å². The molecule has 0 radical (unpaired) electrons. The van der Waals surface area contributed by atoms with Crippen LogP contribution in [0.25, 0.3) is 10.8 Å². The van der Waals surface area contributed by atoms with E-state index in [2.05, 4.69) is 5.43 Å². The highest BCUT2D eigenvalue weighted by atomic mass is 19.4. The molecule has 1 atom stereocenters. The Morgan fingerprint density at radius 3 is 2.50 bits per heavy atom. The zero-order valence-corrected chi connectivity index (χ0v) is 14.0. The maximum atomic E-state index is 13.9. The molecule has 1 heterocycles. The van der Waals surface area contributed by atoms with E-state index in [9.17, 15) is 28.1 Å². The van der Waals surface area contributed by atoms with Gasteiger partial charge >= 0.3 is 6.18 Å². The molecule has 2 aromatic rings. The molecular weight excluding hydrogens is 351 g/mol. The van der Waals surface area contributed by atoms with E-state index < -0.39 is 28.5 Å². The molecule has 138 valence electrons. The van der Waals surface area contributed by atoms with Gasteiger partial charge in [-0.15, -0.1) is 0 Å². The highest BCUT2D eigenvalue weighted by Gasteiger charge is 2.51. The average Bonchev–Trinajstić information content (AvgIpc) is 2.78. The molecule has 0 spiro atoms. The fraction of sp³-hybridized carbons (Fsp3) is 0.353. The number of carbonyl (C=O) groups is 1. The fourth-order valence-electron chi connectivity index (χ4n) is 3.14. The number of rotatable bonds is 3. The Hall–Kier alpha value is -2.68. The first-order valence-corrected chi connectivity index (χ1v) is 7.82. The fourth-order valence-corrected chi connectivity index (χ4v) is 3.14. The van der Waals surface area contributed by atoms with Crippen molar-refractivity contribution in [3.63, 3.8) is 0 Å². The lowest BCUT2D eigenvalue weighted by molar-refractivity contribution is -0.384. The molecule has 0 aromatic heterocycles. The van der Waals surface area contributed by atoms with Crippen LogP contribution in [0.3, 0.4) is 0 Å². The molecular formula is C17H16F3N3O3. The maximum Gasteiger partial charge on any atom is 0.409 e. The van der Waals surface area contributed by atoms with Gasteiger partial charge in [-0.05, 0) is 36.2 Å². The van der Waals surface area contributed by atoms with E-state index in [1.165, 1.54) is 36.4 Å². The number of nitrogens with zero attached hydrogens (tertiary/aromatic N) is 2. The Balaban J connectivity index is 2.14. The SMILES string of the molecule is CC1(C)CN(C(c2cccc3cc([N+](=O)[O-])ccc23)C(F)(F)F)NC1=O. The number of non-ortho nitro benzene ring substituents is 1. The molecule has 1 aliphatic rings. The van der Waals surface area contributed by atoms with Crippen LogP contribution >= 0.6 is 0 Å². The van der Waals surface area contributed by atoms with Crippen molar-refractivity contribution in [2.45, 2.75) is 26.1 Å². The van der Waals surface area contributed by atoms with Crippen LogP contribution < -0.4 is 5.43 Å². The van der Waals surface area contributed by atoms with E-state index >= 15 is 0 Å². The molecule has 0 saturated carbocycles. The molecule has 1 amide bonds. The van der Waals surface area contributed by atoms with Gasteiger partial charge in [0.05, 0.1) is 10.3 Å². The molecule has 26 heavy (non-hydrogen) atoms. The summed E-state index contributed by atoms with van der Waals surface area (Å²) in [4.78, 5) is 22.3. The molecule has 1 fully saturated rings. The van der Waals surface area contributed by atoms with Gasteiger partial charge in [0.2, 0.25) is 5.91 Å². The number of carbonyl (C=O) groups excluding carboxylic acids is 1. The molecule has 1 saturated heterocycles. The molecule has 0 aliphatic carbocycles. The van der Waals surface area contributed by atoms with Crippen molar-refractivity contribution < 1.29 is 22.9 Å². The summed E-state index contributed by atoms with van der Waals surface area (Å²) in [5, 5.41) is 12.4. The topological polar surface area (TPSA) is 75.5 Å². The molecule has 1 N–H and O–H groups in total. The van der Waals surface area contributed by atoms with E-state index in [0.717, 1.165) is 5.01 Å². The number of alkyl halides is 3. The number of fused-ring (bicyclic) bond motifs is 1. The molecule has 2 aromatic carbocycles. The number of nitro benzene ring substituents is 1. The van der Waals surface area contributed by atoms with Gasteiger partial charge in [-0.2, -0.15) is 13.2 Å². The van der Waals surface area contributed by atoms with Crippen molar-refractivity contribution >= 4 is 22.4 Å². The number of amides is 1. The Bertz CT molecular complexity index is 896. The van der Waals surface area contributed by atoms with Crippen LogP contribution in [-0.2, 0) is 4.79 Å². The summed E-state index contributed by atoms with van der Waals surface area (Å²) < 4.78 is 41.6. The van der Waals surface area contributed by atoms with Gasteiger partial charge in [0.1, 0.15) is 0 Å². The van der Waals surface area contributed by atoms with Crippen LogP contribution in [0.5, 0.6) is 0 Å². The van der Waals surface area contributed by atoms with Crippen LogP contribution in [0.15, 0.2) is 36.4 Å². The molecule has 9 heteroatoms. The summed E-state index contributed by atoms with van der Waals surface area (Å²) in [6.45, 7) is 3.03. The van der Waals surface area contributed by atoms with Crippen LogP contribution in [0.4, 0.5) is 18.9 Å². The second-order valence-corrected chi connectivity index (χ2v) is 6.91. The maximum absolute atomic E-state index is 13.9. The van der Waals surface area contributed by atoms with Gasteiger partial charge in [0.25, 0.3) is 5.69 Å². The zero-order valence-electron chi connectivity index (χ0n) is 14.0. The first-order valence-electron chi connectivity index (χ1n) is 7.82. The van der Waals surface area contributed by atoms with Crippen LogP contribution in [0, 0.1) is 15.5 Å². The van der Waals surface area contributed by atoms with Crippen LogP contribution in [0.2, 0.25) is 0 Å². The lowest BCUT2D eigenvalue weighted by Crippen LogP contribution is -2.43. The average molecular weight is 367 g/mol. The van der Waals surface area contributed by atoms with Gasteiger partial charge in [0, 0.05) is 18.7 Å². The minimum atomic E-state index is -4.65. The predicted octanol–water partition coefficient (Wildman–Crippen LogP) is 3.72. The van der Waals surface area contributed by atoms with E-state index in [1.54, 1.807) is 13.8 Å². The lowest BCUT2D eigenvalue weighted by atomic mass is 9.93.